The van der Waals surface area contributed by atoms with E-state index in [1.54, 1.807) is 0 Å². The van der Waals surface area contributed by atoms with Crippen LogP contribution in [-0.4, -0.2) is 15.9 Å². The normalized spacial score (nSPS) is 13.3. The molecule has 1 aromatic carbocycles. The number of fused-ring (bicyclic) bond motifs is 1. The molecule has 0 aliphatic heterocycles. The summed E-state index contributed by atoms with van der Waals surface area (Å²) in [7, 11) is 0. The van der Waals surface area contributed by atoms with Gasteiger partial charge in [-0.2, -0.15) is 26.3 Å². The molecule has 2 aromatic heterocycles. The molecule has 1 unspecified atom stereocenters. The SMILES string of the molecule is CC(=O)OC(c1ccccn1)c1cc(C(F)(F)F)nc2c(C(F)(F)F)cccc12. The van der Waals surface area contributed by atoms with Crippen LogP contribution in [0.4, 0.5) is 26.3 Å². The van der Waals surface area contributed by atoms with E-state index in [2.05, 4.69) is 9.97 Å². The Hall–Kier alpha value is -3.17. The van der Waals surface area contributed by atoms with Gasteiger partial charge in [-0.15, -0.1) is 0 Å². The van der Waals surface area contributed by atoms with Crippen molar-refractivity contribution in [2.45, 2.75) is 25.4 Å². The van der Waals surface area contributed by atoms with Crippen LogP contribution in [0.25, 0.3) is 10.9 Å². The zero-order valence-electron chi connectivity index (χ0n) is 14.7. The quantitative estimate of drug-likeness (QED) is 0.430. The lowest BCUT2D eigenvalue weighted by atomic mass is 9.97. The van der Waals surface area contributed by atoms with Crippen molar-refractivity contribution in [3.05, 3.63) is 71.2 Å². The molecule has 0 spiro atoms. The summed E-state index contributed by atoms with van der Waals surface area (Å²) in [5.74, 6) is -0.842. The van der Waals surface area contributed by atoms with Gasteiger partial charge in [-0.1, -0.05) is 18.2 Å². The fraction of sp³-hybridized carbons (Fsp3) is 0.211. The number of benzene rings is 1. The first kappa shape index (κ1) is 20.6. The number of esters is 1. The van der Waals surface area contributed by atoms with Crippen molar-refractivity contribution < 1.29 is 35.9 Å². The Labute approximate surface area is 160 Å². The standard InChI is InChI=1S/C19H12F6N2O2/c1-10(28)29-17(14-7-2-3-8-26-14)12-9-15(19(23,24)25)27-16-11(12)5-4-6-13(16)18(20,21)22/h2-9,17H,1H3. The van der Waals surface area contributed by atoms with E-state index in [-0.39, 0.29) is 16.6 Å². The second kappa shape index (κ2) is 7.34. The van der Waals surface area contributed by atoms with Crippen LogP contribution >= 0.6 is 0 Å². The molecule has 0 saturated carbocycles. The van der Waals surface area contributed by atoms with Crippen LogP contribution in [-0.2, 0) is 21.9 Å². The van der Waals surface area contributed by atoms with Gasteiger partial charge < -0.3 is 4.74 Å². The molecule has 3 aromatic rings. The van der Waals surface area contributed by atoms with Crippen LogP contribution in [0, 0.1) is 0 Å². The van der Waals surface area contributed by atoms with E-state index in [9.17, 15) is 31.1 Å². The average Bonchev–Trinajstić information content (AvgIpc) is 2.64. The number of rotatable bonds is 3. The van der Waals surface area contributed by atoms with Gasteiger partial charge in [0.1, 0.15) is 5.69 Å². The highest BCUT2D eigenvalue weighted by atomic mass is 19.4. The second-order valence-electron chi connectivity index (χ2n) is 6.04. The molecule has 0 aliphatic carbocycles. The number of hydrogen-bond acceptors (Lipinski definition) is 4. The highest BCUT2D eigenvalue weighted by Gasteiger charge is 2.38. The molecule has 0 radical (unpaired) electrons. The Morgan fingerprint density at radius 1 is 1.00 bits per heavy atom. The van der Waals surface area contributed by atoms with Gasteiger partial charge in [0.05, 0.1) is 16.8 Å². The summed E-state index contributed by atoms with van der Waals surface area (Å²) < 4.78 is 85.5. The Balaban J connectivity index is 2.39. The third-order valence-electron chi connectivity index (χ3n) is 3.99. The first-order chi connectivity index (χ1) is 13.5. The summed E-state index contributed by atoms with van der Waals surface area (Å²) in [5, 5.41) is -0.232. The van der Waals surface area contributed by atoms with Crippen LogP contribution in [0.5, 0.6) is 0 Å². The number of aromatic nitrogens is 2. The number of nitrogens with zero attached hydrogens (tertiary/aromatic N) is 2. The number of para-hydroxylation sites is 1. The summed E-state index contributed by atoms with van der Waals surface area (Å²) in [6, 6.07) is 7.88. The van der Waals surface area contributed by atoms with Gasteiger partial charge in [0.25, 0.3) is 0 Å². The minimum absolute atomic E-state index is 0.0562. The summed E-state index contributed by atoms with van der Waals surface area (Å²) in [4.78, 5) is 18.8. The van der Waals surface area contributed by atoms with E-state index in [0.717, 1.165) is 13.0 Å². The Bertz CT molecular complexity index is 1050. The average molecular weight is 414 g/mol. The van der Waals surface area contributed by atoms with Crippen molar-refractivity contribution in [2.75, 3.05) is 0 Å². The summed E-state index contributed by atoms with van der Waals surface area (Å²) in [6.07, 6.45) is -10.1. The Morgan fingerprint density at radius 2 is 1.72 bits per heavy atom. The molecule has 1 atom stereocenters. The lowest BCUT2D eigenvalue weighted by Crippen LogP contribution is -2.17. The summed E-state index contributed by atoms with van der Waals surface area (Å²) >= 11 is 0. The molecule has 3 rings (SSSR count). The number of hydrogen-bond donors (Lipinski definition) is 0. The van der Waals surface area contributed by atoms with Crippen molar-refractivity contribution in [3.8, 4) is 0 Å². The molecule has 0 bridgehead atoms. The number of alkyl halides is 6. The van der Waals surface area contributed by atoms with Gasteiger partial charge >= 0.3 is 18.3 Å². The number of halogens is 6. The molecular weight excluding hydrogens is 402 g/mol. The van der Waals surface area contributed by atoms with E-state index in [1.807, 2.05) is 0 Å². The fourth-order valence-corrected chi connectivity index (χ4v) is 2.85. The second-order valence-corrected chi connectivity index (χ2v) is 6.04. The maximum absolute atomic E-state index is 13.4. The van der Waals surface area contributed by atoms with Crippen molar-refractivity contribution in [1.29, 1.82) is 0 Å². The molecule has 10 heteroatoms. The predicted molar refractivity (Wildman–Crippen MR) is 89.6 cm³/mol. The number of ether oxygens (including phenoxy) is 1. The zero-order chi connectivity index (χ0) is 21.4. The number of carbonyl (C=O) groups excluding carboxylic acids is 1. The first-order valence-electron chi connectivity index (χ1n) is 8.14. The number of carbonyl (C=O) groups is 1. The summed E-state index contributed by atoms with van der Waals surface area (Å²) in [6.45, 7) is 1.03. The number of pyridine rings is 2. The third-order valence-corrected chi connectivity index (χ3v) is 3.99. The van der Waals surface area contributed by atoms with E-state index in [1.165, 1.54) is 30.5 Å². The lowest BCUT2D eigenvalue weighted by molar-refractivity contribution is -0.145. The van der Waals surface area contributed by atoms with Crippen LogP contribution in [0.2, 0.25) is 0 Å². The largest absolute Gasteiger partial charge is 0.451 e. The molecular formula is C19H12F6N2O2. The highest BCUT2D eigenvalue weighted by molar-refractivity contribution is 5.87. The molecule has 0 fully saturated rings. The van der Waals surface area contributed by atoms with Gasteiger partial charge in [0.2, 0.25) is 0 Å². The van der Waals surface area contributed by atoms with Crippen molar-refractivity contribution >= 4 is 16.9 Å². The minimum Gasteiger partial charge on any atom is -0.451 e. The molecule has 0 aliphatic rings. The van der Waals surface area contributed by atoms with Gasteiger partial charge in [0, 0.05) is 24.1 Å². The third kappa shape index (κ3) is 4.30. The maximum atomic E-state index is 13.4. The topological polar surface area (TPSA) is 52.1 Å². The van der Waals surface area contributed by atoms with Crippen molar-refractivity contribution in [2.24, 2.45) is 0 Å². The van der Waals surface area contributed by atoms with E-state index in [4.69, 9.17) is 4.74 Å². The van der Waals surface area contributed by atoms with Gasteiger partial charge in [-0.05, 0) is 24.3 Å². The molecule has 0 N–H and O–H groups in total. The van der Waals surface area contributed by atoms with E-state index < -0.39 is 41.2 Å². The minimum atomic E-state index is -5.02. The Morgan fingerprint density at radius 3 is 2.28 bits per heavy atom. The van der Waals surface area contributed by atoms with Crippen LogP contribution in [0.3, 0.4) is 0 Å². The van der Waals surface area contributed by atoms with Crippen LogP contribution in [0.1, 0.15) is 35.5 Å². The Kier molecular flexibility index (Phi) is 5.20. The highest BCUT2D eigenvalue weighted by Crippen LogP contribution is 2.40. The first-order valence-corrected chi connectivity index (χ1v) is 8.14. The molecule has 0 saturated heterocycles. The van der Waals surface area contributed by atoms with Gasteiger partial charge in [0.15, 0.2) is 6.10 Å². The van der Waals surface area contributed by atoms with Gasteiger partial charge in [-0.3, -0.25) is 9.78 Å². The van der Waals surface area contributed by atoms with Gasteiger partial charge in [-0.25, -0.2) is 4.98 Å². The van der Waals surface area contributed by atoms with E-state index in [0.29, 0.717) is 12.1 Å². The van der Waals surface area contributed by atoms with Crippen LogP contribution < -0.4 is 0 Å². The fourth-order valence-electron chi connectivity index (χ4n) is 2.85. The zero-order valence-corrected chi connectivity index (χ0v) is 14.7. The smallest absolute Gasteiger partial charge is 0.433 e. The molecule has 2 heterocycles. The summed E-state index contributed by atoms with van der Waals surface area (Å²) in [5.41, 5.74) is -4.00. The predicted octanol–water partition coefficient (Wildman–Crippen LogP) is 5.32. The molecule has 4 nitrogen and oxygen atoms in total. The molecule has 0 amide bonds. The van der Waals surface area contributed by atoms with E-state index >= 15 is 0 Å². The molecule has 152 valence electrons. The lowest BCUT2D eigenvalue weighted by Gasteiger charge is -2.21. The van der Waals surface area contributed by atoms with Crippen LogP contribution in [0.15, 0.2) is 48.7 Å². The van der Waals surface area contributed by atoms with Crippen molar-refractivity contribution in [1.82, 2.24) is 9.97 Å². The monoisotopic (exact) mass is 414 g/mol. The molecule has 29 heavy (non-hydrogen) atoms. The van der Waals surface area contributed by atoms with Crippen molar-refractivity contribution in [3.63, 3.8) is 0 Å². The maximum Gasteiger partial charge on any atom is 0.433 e.